The quantitative estimate of drug-likeness (QED) is 0.446. The Balaban J connectivity index is 1.88. The average molecular weight is 530 g/mol. The van der Waals surface area contributed by atoms with Gasteiger partial charge in [-0.15, -0.1) is 22.7 Å². The molecule has 1 aromatic carbocycles. The molecule has 0 saturated carbocycles. The molecule has 3 aromatic rings. The molecule has 0 unspecified atom stereocenters. The predicted molar refractivity (Wildman–Crippen MR) is 139 cm³/mol. The molecule has 1 saturated heterocycles. The van der Waals surface area contributed by atoms with Crippen LogP contribution in [0.5, 0.6) is 5.75 Å². The van der Waals surface area contributed by atoms with Gasteiger partial charge >= 0.3 is 5.97 Å². The third-order valence-electron chi connectivity index (χ3n) is 6.70. The molecule has 0 spiro atoms. The van der Waals surface area contributed by atoms with Crippen LogP contribution in [0.15, 0.2) is 40.7 Å². The Morgan fingerprint density at radius 2 is 2.03 bits per heavy atom. The van der Waals surface area contributed by atoms with Crippen molar-refractivity contribution >= 4 is 34.6 Å². The topological polar surface area (TPSA) is 102 Å². The zero-order valence-corrected chi connectivity index (χ0v) is 22.7. The van der Waals surface area contributed by atoms with Crippen molar-refractivity contribution in [1.29, 1.82) is 0 Å². The van der Waals surface area contributed by atoms with Crippen molar-refractivity contribution in [2.75, 3.05) is 20.8 Å². The van der Waals surface area contributed by atoms with Crippen molar-refractivity contribution in [1.82, 2.24) is 14.9 Å². The van der Waals surface area contributed by atoms with Gasteiger partial charge in [0.2, 0.25) is 0 Å². The van der Waals surface area contributed by atoms with Crippen molar-refractivity contribution in [3.05, 3.63) is 62.5 Å². The van der Waals surface area contributed by atoms with Gasteiger partial charge in [-0.25, -0.2) is 14.8 Å². The molecule has 36 heavy (non-hydrogen) atoms. The number of carbonyl (C=O) groups excluding carboxylic acids is 1. The van der Waals surface area contributed by atoms with E-state index in [1.54, 1.807) is 38.1 Å². The van der Waals surface area contributed by atoms with Crippen LogP contribution < -0.4 is 4.74 Å². The van der Waals surface area contributed by atoms with Gasteiger partial charge in [-0.3, -0.25) is 4.79 Å². The van der Waals surface area contributed by atoms with Gasteiger partial charge < -0.3 is 19.5 Å². The summed E-state index contributed by atoms with van der Waals surface area (Å²) in [6.45, 7) is 6.52. The number of carbonyl (C=O) groups is 2. The fourth-order valence-electron chi connectivity index (χ4n) is 5.13. The molecule has 0 bridgehead atoms. The average Bonchev–Trinajstić information content (AvgIpc) is 3.59. The summed E-state index contributed by atoms with van der Waals surface area (Å²) in [6, 6.07) is 4.79. The van der Waals surface area contributed by atoms with Crippen LogP contribution in [0, 0.1) is 5.92 Å². The van der Waals surface area contributed by atoms with E-state index >= 15 is 0 Å². The highest BCUT2D eigenvalue weighted by atomic mass is 32.1. The Kier molecular flexibility index (Phi) is 7.49. The van der Waals surface area contributed by atoms with Crippen LogP contribution in [0.1, 0.15) is 59.9 Å². The maximum atomic E-state index is 14.3. The molecule has 10 heteroatoms. The zero-order chi connectivity index (χ0) is 26.1. The molecule has 3 atom stereocenters. The normalized spacial score (nSPS) is 22.1. The lowest BCUT2D eigenvalue weighted by molar-refractivity contribution is -0.149. The van der Waals surface area contributed by atoms with E-state index in [9.17, 15) is 14.7 Å². The number of ether oxygens (including phenoxy) is 2. The van der Waals surface area contributed by atoms with E-state index in [-0.39, 0.29) is 30.1 Å². The standard InChI is InChI=1S/C26H31N3O5S2/c1-25(2,3)19-7-6-16(10-20(19)34-5)23(30)29-21(22-27-8-9-36-22)17(13-33-4)11-26(29,24(31)32)12-18-14-35-15-28-18/h6-10,14-15,17,21H,11-13H2,1-5H3,(H,31,32)/t17-,21-,26-/m1/s1. The number of rotatable bonds is 8. The number of benzene rings is 1. The van der Waals surface area contributed by atoms with Crippen molar-refractivity contribution in [3.8, 4) is 5.75 Å². The van der Waals surface area contributed by atoms with Gasteiger partial charge in [0.25, 0.3) is 5.91 Å². The predicted octanol–water partition coefficient (Wildman–Crippen LogP) is 4.82. The number of methoxy groups -OCH3 is 2. The number of amides is 1. The molecule has 1 fully saturated rings. The molecular weight excluding hydrogens is 498 g/mol. The van der Waals surface area contributed by atoms with Gasteiger partial charge in [-0.05, 0) is 29.5 Å². The molecule has 192 valence electrons. The Bertz CT molecular complexity index is 1210. The molecular formula is C26H31N3O5S2. The minimum absolute atomic E-state index is 0.0941. The van der Waals surface area contributed by atoms with Gasteiger partial charge in [-0.1, -0.05) is 26.8 Å². The summed E-state index contributed by atoms with van der Waals surface area (Å²) >= 11 is 2.81. The van der Waals surface area contributed by atoms with Crippen LogP contribution in [-0.2, 0) is 21.4 Å². The smallest absolute Gasteiger partial charge is 0.330 e. The fraction of sp³-hybridized carbons (Fsp3) is 0.462. The molecule has 0 radical (unpaired) electrons. The summed E-state index contributed by atoms with van der Waals surface area (Å²) in [5.41, 5.74) is 1.93. The van der Waals surface area contributed by atoms with Crippen molar-refractivity contribution in [2.24, 2.45) is 5.92 Å². The van der Waals surface area contributed by atoms with E-state index in [4.69, 9.17) is 9.47 Å². The number of nitrogens with zero attached hydrogens (tertiary/aromatic N) is 3. The van der Waals surface area contributed by atoms with Crippen LogP contribution >= 0.6 is 22.7 Å². The van der Waals surface area contributed by atoms with Gasteiger partial charge in [0.1, 0.15) is 16.3 Å². The number of carboxylic acid groups (broad SMARTS) is 1. The molecule has 4 rings (SSSR count). The van der Waals surface area contributed by atoms with E-state index < -0.39 is 17.6 Å². The van der Waals surface area contributed by atoms with Crippen molar-refractivity contribution in [3.63, 3.8) is 0 Å². The Hall–Kier alpha value is -2.82. The van der Waals surface area contributed by atoms with Crippen molar-refractivity contribution in [2.45, 2.75) is 50.6 Å². The summed E-state index contributed by atoms with van der Waals surface area (Å²) in [6.07, 6.45) is 1.99. The minimum atomic E-state index is -1.51. The van der Waals surface area contributed by atoms with Crippen LogP contribution in [0.4, 0.5) is 0 Å². The lowest BCUT2D eigenvalue weighted by Gasteiger charge is -2.37. The van der Waals surface area contributed by atoms with Crippen LogP contribution in [0.25, 0.3) is 0 Å². The molecule has 1 N–H and O–H groups in total. The first-order chi connectivity index (χ1) is 17.1. The summed E-state index contributed by atoms with van der Waals surface area (Å²) in [5, 5.41) is 15.0. The highest BCUT2D eigenvalue weighted by molar-refractivity contribution is 7.09. The maximum absolute atomic E-state index is 14.3. The molecule has 8 nitrogen and oxygen atoms in total. The van der Waals surface area contributed by atoms with Crippen LogP contribution in [0.3, 0.4) is 0 Å². The third kappa shape index (κ3) is 4.77. The molecule has 1 aliphatic heterocycles. The number of aliphatic carboxylic acids is 1. The lowest BCUT2D eigenvalue weighted by Crippen LogP contribution is -2.55. The minimum Gasteiger partial charge on any atom is -0.496 e. The van der Waals surface area contributed by atoms with E-state index in [1.807, 2.05) is 16.8 Å². The SMILES string of the molecule is COC[C@H]1C[C@@](Cc2cscn2)(C(=O)O)N(C(=O)c2ccc(C(C)(C)C)c(OC)c2)[C@H]1c1nccs1. The summed E-state index contributed by atoms with van der Waals surface area (Å²) < 4.78 is 11.1. The monoisotopic (exact) mass is 529 g/mol. The summed E-state index contributed by atoms with van der Waals surface area (Å²) in [4.78, 5) is 37.7. The Morgan fingerprint density at radius 1 is 1.25 bits per heavy atom. The Morgan fingerprint density at radius 3 is 2.58 bits per heavy atom. The van der Waals surface area contributed by atoms with Gasteiger partial charge in [0.05, 0.1) is 31.0 Å². The first-order valence-electron chi connectivity index (χ1n) is 11.6. The Labute approximate surface area is 218 Å². The highest BCUT2D eigenvalue weighted by Gasteiger charge is 2.59. The number of hydrogen-bond donors (Lipinski definition) is 1. The van der Waals surface area contributed by atoms with Gasteiger partial charge in [0.15, 0.2) is 0 Å². The van der Waals surface area contributed by atoms with Crippen LogP contribution in [-0.4, -0.2) is 58.2 Å². The lowest BCUT2D eigenvalue weighted by atomic mass is 9.85. The first-order valence-corrected chi connectivity index (χ1v) is 13.5. The number of aromatic nitrogens is 2. The number of hydrogen-bond acceptors (Lipinski definition) is 8. The molecule has 3 heterocycles. The van der Waals surface area contributed by atoms with E-state index in [2.05, 4.69) is 30.7 Å². The second kappa shape index (κ2) is 10.3. The highest BCUT2D eigenvalue weighted by Crippen LogP contribution is 2.50. The summed E-state index contributed by atoms with van der Waals surface area (Å²) in [5.74, 6) is -1.12. The second-order valence-corrected chi connectivity index (χ2v) is 11.7. The number of carboxylic acids is 1. The van der Waals surface area contributed by atoms with Crippen molar-refractivity contribution < 1.29 is 24.2 Å². The third-order valence-corrected chi connectivity index (χ3v) is 8.18. The van der Waals surface area contributed by atoms with Gasteiger partial charge in [0, 0.05) is 42.0 Å². The molecule has 2 aromatic heterocycles. The second-order valence-electron chi connectivity index (χ2n) is 10.1. The fourth-order valence-corrected chi connectivity index (χ4v) is 6.51. The number of likely N-dealkylation sites (tertiary alicyclic amines) is 1. The zero-order valence-electron chi connectivity index (χ0n) is 21.1. The summed E-state index contributed by atoms with van der Waals surface area (Å²) in [7, 11) is 3.16. The van der Waals surface area contributed by atoms with E-state index in [1.165, 1.54) is 27.6 Å². The first kappa shape index (κ1) is 26.2. The molecule has 1 aliphatic rings. The van der Waals surface area contributed by atoms with E-state index in [0.29, 0.717) is 28.6 Å². The number of thiazole rings is 2. The maximum Gasteiger partial charge on any atom is 0.330 e. The van der Waals surface area contributed by atoms with Gasteiger partial charge in [-0.2, -0.15) is 0 Å². The largest absolute Gasteiger partial charge is 0.496 e. The van der Waals surface area contributed by atoms with E-state index in [0.717, 1.165) is 5.56 Å². The van der Waals surface area contributed by atoms with Crippen LogP contribution in [0.2, 0.25) is 0 Å². The molecule has 0 aliphatic carbocycles. The molecule has 1 amide bonds.